The number of ether oxygens (including phenoxy) is 1. The highest BCUT2D eigenvalue weighted by Gasteiger charge is 2.43. The van der Waals surface area contributed by atoms with E-state index < -0.39 is 0 Å². The van der Waals surface area contributed by atoms with Crippen LogP contribution in [0.3, 0.4) is 0 Å². The van der Waals surface area contributed by atoms with E-state index >= 15 is 0 Å². The van der Waals surface area contributed by atoms with Gasteiger partial charge in [0.05, 0.1) is 13.2 Å². The van der Waals surface area contributed by atoms with Crippen LogP contribution in [0.4, 0.5) is 0 Å². The molecule has 2 unspecified atom stereocenters. The minimum atomic E-state index is 0.631. The molecule has 1 nitrogen and oxygen atoms in total. The molecule has 0 N–H and O–H groups in total. The smallest absolute Gasteiger partial charge is 0.0544 e. The summed E-state index contributed by atoms with van der Waals surface area (Å²) < 4.78 is 5.30. The highest BCUT2D eigenvalue weighted by molar-refractivity contribution is 4.91. The second-order valence-corrected chi connectivity index (χ2v) is 4.69. The lowest BCUT2D eigenvalue weighted by Crippen LogP contribution is -2.47. The molecule has 2 fully saturated rings. The molecule has 1 heteroatoms. The standard InChI is InChI=1S/C10H18O/c1-8-3-4-10(5-9(8)2)6-11-7-10/h8-9H,3-7H2,1-2H3. The highest BCUT2D eigenvalue weighted by Crippen LogP contribution is 2.46. The normalized spacial score (nSPS) is 42.0. The van der Waals surface area contributed by atoms with Crippen LogP contribution in [0, 0.1) is 17.3 Å². The third-order valence-corrected chi connectivity index (χ3v) is 3.67. The fraction of sp³-hybridized carbons (Fsp3) is 1.00. The van der Waals surface area contributed by atoms with E-state index in [0.29, 0.717) is 5.41 Å². The molecular weight excluding hydrogens is 136 g/mol. The van der Waals surface area contributed by atoms with Crippen molar-refractivity contribution in [3.63, 3.8) is 0 Å². The van der Waals surface area contributed by atoms with E-state index in [1.54, 1.807) is 0 Å². The minimum Gasteiger partial charge on any atom is -0.380 e. The van der Waals surface area contributed by atoms with E-state index in [9.17, 15) is 0 Å². The Hall–Kier alpha value is -0.0400. The van der Waals surface area contributed by atoms with E-state index in [0.717, 1.165) is 25.0 Å². The first-order valence-electron chi connectivity index (χ1n) is 4.80. The summed E-state index contributed by atoms with van der Waals surface area (Å²) >= 11 is 0. The Labute approximate surface area is 69.1 Å². The number of hydrogen-bond acceptors (Lipinski definition) is 1. The Balaban J connectivity index is 1.97. The van der Waals surface area contributed by atoms with Crippen LogP contribution < -0.4 is 0 Å². The summed E-state index contributed by atoms with van der Waals surface area (Å²) in [5, 5.41) is 0. The molecule has 0 radical (unpaired) electrons. The molecule has 2 atom stereocenters. The third kappa shape index (κ3) is 1.20. The predicted octanol–water partition coefficient (Wildman–Crippen LogP) is 2.46. The summed E-state index contributed by atoms with van der Waals surface area (Å²) in [6.07, 6.45) is 4.25. The van der Waals surface area contributed by atoms with Crippen molar-refractivity contribution < 1.29 is 4.74 Å². The molecule has 1 spiro atoms. The monoisotopic (exact) mass is 154 g/mol. The first kappa shape index (κ1) is 7.60. The molecule has 1 heterocycles. The molecule has 0 aromatic carbocycles. The molecule has 64 valence electrons. The van der Waals surface area contributed by atoms with Gasteiger partial charge in [-0.3, -0.25) is 0 Å². The van der Waals surface area contributed by atoms with Crippen LogP contribution >= 0.6 is 0 Å². The van der Waals surface area contributed by atoms with Crippen molar-refractivity contribution in [1.82, 2.24) is 0 Å². The van der Waals surface area contributed by atoms with Gasteiger partial charge in [0.2, 0.25) is 0 Å². The fourth-order valence-corrected chi connectivity index (χ4v) is 2.46. The molecule has 0 aromatic heterocycles. The molecule has 1 saturated heterocycles. The van der Waals surface area contributed by atoms with Crippen LogP contribution in [0.5, 0.6) is 0 Å². The summed E-state index contributed by atoms with van der Waals surface area (Å²) in [4.78, 5) is 0. The molecule has 0 bridgehead atoms. The SMILES string of the molecule is CC1CCC2(COC2)CC1C. The van der Waals surface area contributed by atoms with Gasteiger partial charge in [-0.25, -0.2) is 0 Å². The highest BCUT2D eigenvalue weighted by atomic mass is 16.5. The Kier molecular flexibility index (Phi) is 1.71. The van der Waals surface area contributed by atoms with Crippen LogP contribution in [-0.4, -0.2) is 13.2 Å². The molecule has 1 aliphatic carbocycles. The lowest BCUT2D eigenvalue weighted by atomic mass is 9.65. The summed E-state index contributed by atoms with van der Waals surface area (Å²) in [6, 6.07) is 0. The summed E-state index contributed by atoms with van der Waals surface area (Å²) in [5.41, 5.74) is 0.631. The molecule has 11 heavy (non-hydrogen) atoms. The van der Waals surface area contributed by atoms with Crippen LogP contribution in [0.2, 0.25) is 0 Å². The van der Waals surface area contributed by atoms with E-state index in [4.69, 9.17) is 4.74 Å². The maximum atomic E-state index is 5.30. The molecule has 0 aromatic rings. The Morgan fingerprint density at radius 3 is 2.36 bits per heavy atom. The van der Waals surface area contributed by atoms with Gasteiger partial charge in [-0.05, 0) is 31.1 Å². The van der Waals surface area contributed by atoms with Crippen molar-refractivity contribution in [3.05, 3.63) is 0 Å². The van der Waals surface area contributed by atoms with Crippen molar-refractivity contribution in [3.8, 4) is 0 Å². The third-order valence-electron chi connectivity index (χ3n) is 3.67. The second kappa shape index (κ2) is 2.48. The zero-order chi connectivity index (χ0) is 7.90. The van der Waals surface area contributed by atoms with Gasteiger partial charge >= 0.3 is 0 Å². The predicted molar refractivity (Wildman–Crippen MR) is 45.4 cm³/mol. The molecule has 0 amide bonds. The van der Waals surface area contributed by atoms with Crippen molar-refractivity contribution >= 4 is 0 Å². The van der Waals surface area contributed by atoms with E-state index in [-0.39, 0.29) is 0 Å². The summed E-state index contributed by atoms with van der Waals surface area (Å²) in [7, 11) is 0. The minimum absolute atomic E-state index is 0.631. The molecule has 1 saturated carbocycles. The van der Waals surface area contributed by atoms with Gasteiger partial charge in [0.25, 0.3) is 0 Å². The molecule has 1 aliphatic heterocycles. The van der Waals surface area contributed by atoms with Gasteiger partial charge in [-0.15, -0.1) is 0 Å². The van der Waals surface area contributed by atoms with Crippen molar-refractivity contribution in [1.29, 1.82) is 0 Å². The van der Waals surface area contributed by atoms with E-state index in [2.05, 4.69) is 13.8 Å². The Morgan fingerprint density at radius 2 is 1.91 bits per heavy atom. The average Bonchev–Trinajstić information content (AvgIpc) is 1.92. The van der Waals surface area contributed by atoms with E-state index in [1.165, 1.54) is 19.3 Å². The zero-order valence-electron chi connectivity index (χ0n) is 7.60. The van der Waals surface area contributed by atoms with Gasteiger partial charge in [0.15, 0.2) is 0 Å². The lowest BCUT2D eigenvalue weighted by Gasteiger charge is -2.48. The largest absolute Gasteiger partial charge is 0.380 e. The maximum absolute atomic E-state index is 5.30. The quantitative estimate of drug-likeness (QED) is 0.521. The number of hydrogen-bond donors (Lipinski definition) is 0. The van der Waals surface area contributed by atoms with Crippen molar-refractivity contribution in [2.45, 2.75) is 33.1 Å². The first-order chi connectivity index (χ1) is 5.22. The Bertz CT molecular complexity index is 149. The average molecular weight is 154 g/mol. The van der Waals surface area contributed by atoms with Crippen molar-refractivity contribution in [2.75, 3.05) is 13.2 Å². The van der Waals surface area contributed by atoms with E-state index in [1.807, 2.05) is 0 Å². The maximum Gasteiger partial charge on any atom is 0.0544 e. The lowest BCUT2D eigenvalue weighted by molar-refractivity contribution is -0.145. The summed E-state index contributed by atoms with van der Waals surface area (Å²) in [6.45, 7) is 6.87. The van der Waals surface area contributed by atoms with Crippen LogP contribution in [0.15, 0.2) is 0 Å². The van der Waals surface area contributed by atoms with Crippen LogP contribution in [0.25, 0.3) is 0 Å². The van der Waals surface area contributed by atoms with Crippen molar-refractivity contribution in [2.24, 2.45) is 17.3 Å². The molecule has 2 rings (SSSR count). The first-order valence-corrected chi connectivity index (χ1v) is 4.80. The van der Waals surface area contributed by atoms with Gasteiger partial charge in [-0.2, -0.15) is 0 Å². The van der Waals surface area contributed by atoms with Crippen LogP contribution in [0.1, 0.15) is 33.1 Å². The summed E-state index contributed by atoms with van der Waals surface area (Å²) in [5.74, 6) is 1.87. The second-order valence-electron chi connectivity index (χ2n) is 4.69. The molecule has 2 aliphatic rings. The van der Waals surface area contributed by atoms with Gasteiger partial charge < -0.3 is 4.74 Å². The van der Waals surface area contributed by atoms with Gasteiger partial charge in [-0.1, -0.05) is 13.8 Å². The van der Waals surface area contributed by atoms with Crippen LogP contribution in [-0.2, 0) is 4.74 Å². The van der Waals surface area contributed by atoms with Gasteiger partial charge in [0.1, 0.15) is 0 Å². The zero-order valence-corrected chi connectivity index (χ0v) is 7.60. The molecular formula is C10H18O. The fourth-order valence-electron chi connectivity index (χ4n) is 2.46. The topological polar surface area (TPSA) is 9.23 Å². The van der Waals surface area contributed by atoms with Gasteiger partial charge in [0, 0.05) is 5.41 Å². The Morgan fingerprint density at radius 1 is 1.18 bits per heavy atom. The number of rotatable bonds is 0.